The Hall–Kier alpha value is -0.410. The first kappa shape index (κ1) is 12.6. The molecule has 0 bridgehead atoms. The van der Waals surface area contributed by atoms with Crippen LogP contribution in [0.1, 0.15) is 26.7 Å². The largest absolute Gasteiger partial charge is 0.317 e. The molecular weight excluding hydrogens is 164 g/mol. The van der Waals surface area contributed by atoms with E-state index in [0.717, 1.165) is 19.4 Å². The molecule has 0 saturated carbocycles. The molecule has 1 fully saturated rings. The SMILES string of the molecule is CC.CNC1CCN(CC=O)CC1. The highest BCUT2D eigenvalue weighted by Gasteiger charge is 2.16. The summed E-state index contributed by atoms with van der Waals surface area (Å²) in [5.41, 5.74) is 0. The highest BCUT2D eigenvalue weighted by molar-refractivity contribution is 5.51. The Morgan fingerprint density at radius 3 is 2.31 bits per heavy atom. The van der Waals surface area contributed by atoms with Gasteiger partial charge in [0.1, 0.15) is 6.29 Å². The van der Waals surface area contributed by atoms with E-state index in [0.29, 0.717) is 12.6 Å². The number of aldehydes is 1. The third-order valence-electron chi connectivity index (χ3n) is 2.33. The molecule has 0 unspecified atom stereocenters. The highest BCUT2D eigenvalue weighted by atomic mass is 16.1. The quantitative estimate of drug-likeness (QED) is 0.665. The van der Waals surface area contributed by atoms with Gasteiger partial charge in [0.25, 0.3) is 0 Å². The summed E-state index contributed by atoms with van der Waals surface area (Å²) in [4.78, 5) is 12.4. The van der Waals surface area contributed by atoms with Gasteiger partial charge < -0.3 is 10.1 Å². The van der Waals surface area contributed by atoms with Crippen LogP contribution in [-0.2, 0) is 4.79 Å². The standard InChI is InChI=1S/C8H16N2O.C2H6/c1-9-8-2-4-10(5-3-8)6-7-11;1-2/h7-9H,2-6H2,1H3;1-2H3. The summed E-state index contributed by atoms with van der Waals surface area (Å²) in [5, 5.41) is 3.25. The summed E-state index contributed by atoms with van der Waals surface area (Å²) >= 11 is 0. The zero-order valence-corrected chi connectivity index (χ0v) is 9.05. The average molecular weight is 186 g/mol. The smallest absolute Gasteiger partial charge is 0.133 e. The molecule has 0 aromatic heterocycles. The molecule has 0 atom stereocenters. The summed E-state index contributed by atoms with van der Waals surface area (Å²) in [6, 6.07) is 0.665. The molecule has 0 spiro atoms. The van der Waals surface area contributed by atoms with Crippen molar-refractivity contribution in [2.45, 2.75) is 32.7 Å². The van der Waals surface area contributed by atoms with Crippen LogP contribution >= 0.6 is 0 Å². The molecule has 0 radical (unpaired) electrons. The minimum atomic E-state index is 0.608. The molecule has 1 aliphatic rings. The van der Waals surface area contributed by atoms with Gasteiger partial charge in [-0.05, 0) is 19.9 Å². The van der Waals surface area contributed by atoms with Crippen molar-refractivity contribution in [2.24, 2.45) is 0 Å². The highest BCUT2D eigenvalue weighted by Crippen LogP contribution is 2.08. The van der Waals surface area contributed by atoms with Crippen molar-refractivity contribution in [3.63, 3.8) is 0 Å². The van der Waals surface area contributed by atoms with Crippen LogP contribution in [0.5, 0.6) is 0 Å². The lowest BCUT2D eigenvalue weighted by atomic mass is 10.1. The first-order chi connectivity index (χ1) is 6.36. The van der Waals surface area contributed by atoms with Crippen molar-refractivity contribution in [1.29, 1.82) is 0 Å². The van der Waals surface area contributed by atoms with Gasteiger partial charge in [-0.1, -0.05) is 13.8 Å². The molecule has 0 aromatic rings. The molecule has 1 N–H and O–H groups in total. The maximum atomic E-state index is 10.2. The van der Waals surface area contributed by atoms with Gasteiger partial charge in [-0.3, -0.25) is 4.90 Å². The van der Waals surface area contributed by atoms with E-state index in [2.05, 4.69) is 10.2 Å². The molecule has 1 rings (SSSR count). The molecule has 0 aromatic carbocycles. The Kier molecular flexibility index (Phi) is 7.94. The predicted octanol–water partition coefficient (Wildman–Crippen LogP) is 0.895. The summed E-state index contributed by atoms with van der Waals surface area (Å²) in [7, 11) is 2.00. The molecule has 0 aliphatic carbocycles. The van der Waals surface area contributed by atoms with Gasteiger partial charge in [0.2, 0.25) is 0 Å². The Bertz CT molecular complexity index is 120. The Morgan fingerprint density at radius 1 is 1.38 bits per heavy atom. The number of rotatable bonds is 3. The lowest BCUT2D eigenvalue weighted by Gasteiger charge is -2.30. The maximum Gasteiger partial charge on any atom is 0.133 e. The molecule has 13 heavy (non-hydrogen) atoms. The molecule has 0 amide bonds. The predicted molar refractivity (Wildman–Crippen MR) is 55.9 cm³/mol. The second kappa shape index (κ2) is 8.20. The zero-order chi connectivity index (χ0) is 10.1. The van der Waals surface area contributed by atoms with Gasteiger partial charge in [-0.2, -0.15) is 0 Å². The van der Waals surface area contributed by atoms with Gasteiger partial charge in [-0.15, -0.1) is 0 Å². The second-order valence-corrected chi connectivity index (χ2v) is 3.03. The van der Waals surface area contributed by atoms with Crippen LogP contribution in [0.2, 0.25) is 0 Å². The molecular formula is C10H22N2O. The van der Waals surface area contributed by atoms with E-state index >= 15 is 0 Å². The number of hydrogen-bond acceptors (Lipinski definition) is 3. The van der Waals surface area contributed by atoms with Crippen molar-refractivity contribution in [3.8, 4) is 0 Å². The van der Waals surface area contributed by atoms with Gasteiger partial charge >= 0.3 is 0 Å². The zero-order valence-electron chi connectivity index (χ0n) is 9.05. The van der Waals surface area contributed by atoms with E-state index in [1.807, 2.05) is 20.9 Å². The van der Waals surface area contributed by atoms with Crippen molar-refractivity contribution >= 4 is 6.29 Å². The number of piperidine rings is 1. The maximum absolute atomic E-state index is 10.2. The van der Waals surface area contributed by atoms with E-state index < -0.39 is 0 Å². The van der Waals surface area contributed by atoms with Gasteiger partial charge in [0.05, 0.1) is 6.54 Å². The van der Waals surface area contributed by atoms with E-state index in [1.54, 1.807) is 0 Å². The van der Waals surface area contributed by atoms with Crippen LogP contribution < -0.4 is 5.32 Å². The fourth-order valence-corrected chi connectivity index (χ4v) is 1.51. The normalized spacial score (nSPS) is 19.0. The molecule has 1 heterocycles. The van der Waals surface area contributed by atoms with Crippen molar-refractivity contribution in [3.05, 3.63) is 0 Å². The van der Waals surface area contributed by atoms with Crippen LogP contribution in [0.4, 0.5) is 0 Å². The lowest BCUT2D eigenvalue weighted by Crippen LogP contribution is -2.41. The molecule has 3 nitrogen and oxygen atoms in total. The van der Waals surface area contributed by atoms with E-state index in [4.69, 9.17) is 0 Å². The number of likely N-dealkylation sites (tertiary alicyclic amines) is 1. The third-order valence-corrected chi connectivity index (χ3v) is 2.33. The number of nitrogens with one attached hydrogen (secondary N) is 1. The number of carbonyl (C=O) groups is 1. The fraction of sp³-hybridized carbons (Fsp3) is 0.900. The Morgan fingerprint density at radius 2 is 1.92 bits per heavy atom. The lowest BCUT2D eigenvalue weighted by molar-refractivity contribution is -0.109. The van der Waals surface area contributed by atoms with Crippen molar-refractivity contribution in [1.82, 2.24) is 10.2 Å². The third kappa shape index (κ3) is 5.01. The number of carbonyl (C=O) groups excluding carboxylic acids is 1. The first-order valence-corrected chi connectivity index (χ1v) is 5.20. The number of nitrogens with zero attached hydrogens (tertiary/aromatic N) is 1. The molecule has 78 valence electrons. The second-order valence-electron chi connectivity index (χ2n) is 3.03. The molecule has 1 saturated heterocycles. The Labute approximate surface area is 81.5 Å². The van der Waals surface area contributed by atoms with Crippen molar-refractivity contribution < 1.29 is 4.79 Å². The minimum Gasteiger partial charge on any atom is -0.317 e. The topological polar surface area (TPSA) is 32.3 Å². The summed E-state index contributed by atoms with van der Waals surface area (Å²) in [6.07, 6.45) is 3.33. The van der Waals surface area contributed by atoms with Crippen LogP contribution in [0.25, 0.3) is 0 Å². The van der Waals surface area contributed by atoms with Gasteiger partial charge in [0.15, 0.2) is 0 Å². The van der Waals surface area contributed by atoms with Gasteiger partial charge in [0, 0.05) is 19.1 Å². The summed E-state index contributed by atoms with van der Waals surface area (Å²) in [5.74, 6) is 0. The monoisotopic (exact) mass is 186 g/mol. The first-order valence-electron chi connectivity index (χ1n) is 5.20. The van der Waals surface area contributed by atoms with E-state index in [1.165, 1.54) is 12.8 Å². The van der Waals surface area contributed by atoms with Crippen LogP contribution in [0.15, 0.2) is 0 Å². The van der Waals surface area contributed by atoms with Crippen LogP contribution in [-0.4, -0.2) is 43.9 Å². The summed E-state index contributed by atoms with van der Waals surface area (Å²) in [6.45, 7) is 6.73. The Balaban J connectivity index is 0.000000671. The average Bonchev–Trinajstić information content (AvgIpc) is 2.23. The van der Waals surface area contributed by atoms with E-state index in [-0.39, 0.29) is 0 Å². The molecule has 3 heteroatoms. The van der Waals surface area contributed by atoms with Crippen molar-refractivity contribution in [2.75, 3.05) is 26.7 Å². The van der Waals surface area contributed by atoms with Crippen LogP contribution in [0.3, 0.4) is 0 Å². The summed E-state index contributed by atoms with van der Waals surface area (Å²) < 4.78 is 0. The van der Waals surface area contributed by atoms with E-state index in [9.17, 15) is 4.79 Å². The molecule has 1 aliphatic heterocycles. The van der Waals surface area contributed by atoms with Crippen LogP contribution in [0, 0.1) is 0 Å². The fourth-order valence-electron chi connectivity index (χ4n) is 1.51. The van der Waals surface area contributed by atoms with Gasteiger partial charge in [-0.25, -0.2) is 0 Å². The minimum absolute atomic E-state index is 0.608. The number of hydrogen-bond donors (Lipinski definition) is 1.